The maximum atomic E-state index is 13.9. The maximum Gasteiger partial charge on any atom is 0.315 e. The number of aromatic nitrogens is 1. The van der Waals surface area contributed by atoms with Crippen LogP contribution < -0.4 is 26.6 Å². The lowest BCUT2D eigenvalue weighted by atomic mass is 9.79. The van der Waals surface area contributed by atoms with Crippen molar-refractivity contribution in [2.75, 3.05) is 12.3 Å². The number of carbonyl (C=O) groups is 4. The molecule has 3 fully saturated rings. The summed E-state index contributed by atoms with van der Waals surface area (Å²) in [5, 5.41) is 38.6. The quantitative estimate of drug-likeness (QED) is 0.0776. The zero-order valence-electron chi connectivity index (χ0n) is 31.1. The van der Waals surface area contributed by atoms with Crippen LogP contribution in [0.25, 0.3) is 0 Å². The molecule has 5 amide bonds. The molecule has 4 rings (SSSR count). The van der Waals surface area contributed by atoms with E-state index in [1.165, 1.54) is 6.42 Å². The van der Waals surface area contributed by atoms with Gasteiger partial charge in [0.15, 0.2) is 0 Å². The van der Waals surface area contributed by atoms with Gasteiger partial charge in [-0.2, -0.15) is 11.8 Å². The van der Waals surface area contributed by atoms with Crippen molar-refractivity contribution in [1.82, 2.24) is 31.6 Å². The number of thioether (sulfide) groups is 1. The number of unbranched alkanes of at least 4 members (excludes halogenated alkanes) is 1. The second-order valence-electron chi connectivity index (χ2n) is 15.3. The summed E-state index contributed by atoms with van der Waals surface area (Å²) in [5.74, 6) is -1.24. The smallest absolute Gasteiger partial charge is 0.315 e. The second kappa shape index (κ2) is 20.1. The van der Waals surface area contributed by atoms with Gasteiger partial charge in [0.25, 0.3) is 0 Å². The van der Waals surface area contributed by atoms with Gasteiger partial charge in [-0.1, -0.05) is 72.6 Å². The van der Waals surface area contributed by atoms with E-state index in [-0.39, 0.29) is 41.8 Å². The van der Waals surface area contributed by atoms with Crippen LogP contribution in [-0.2, 0) is 20.8 Å². The molecule has 51 heavy (non-hydrogen) atoms. The van der Waals surface area contributed by atoms with E-state index in [0.29, 0.717) is 49.8 Å². The highest BCUT2D eigenvalue weighted by Crippen LogP contribution is 2.33. The molecule has 2 saturated heterocycles. The van der Waals surface area contributed by atoms with Gasteiger partial charge >= 0.3 is 6.03 Å². The van der Waals surface area contributed by atoms with Gasteiger partial charge in [-0.25, -0.2) is 9.78 Å². The highest BCUT2D eigenvalue weighted by atomic mass is 32.2. The van der Waals surface area contributed by atoms with E-state index in [2.05, 4.69) is 31.6 Å². The van der Waals surface area contributed by atoms with Crippen molar-refractivity contribution in [3.8, 4) is 0 Å². The van der Waals surface area contributed by atoms with Crippen LogP contribution in [0.5, 0.6) is 0 Å². The molecular formula is C37H62N6O6S2. The van der Waals surface area contributed by atoms with Crippen molar-refractivity contribution in [3.05, 3.63) is 16.1 Å². The Morgan fingerprint density at radius 1 is 1.02 bits per heavy atom. The third kappa shape index (κ3) is 11.8. The minimum absolute atomic E-state index is 0.105. The molecule has 2 aliphatic heterocycles. The van der Waals surface area contributed by atoms with E-state index in [1.807, 2.05) is 46.4 Å². The normalized spacial score (nSPS) is 24.1. The van der Waals surface area contributed by atoms with Gasteiger partial charge in [0.05, 0.1) is 41.4 Å². The number of nitrogens with one attached hydrogen (secondary N) is 5. The van der Waals surface area contributed by atoms with Gasteiger partial charge in [-0.05, 0) is 43.9 Å². The zero-order chi connectivity index (χ0) is 37.1. The van der Waals surface area contributed by atoms with E-state index < -0.39 is 36.1 Å². The Balaban J connectivity index is 1.36. The van der Waals surface area contributed by atoms with Crippen LogP contribution in [-0.4, -0.2) is 92.9 Å². The third-order valence-electron chi connectivity index (χ3n) is 11.2. The molecule has 3 aliphatic rings. The number of hydrogen-bond donors (Lipinski definition) is 7. The van der Waals surface area contributed by atoms with Gasteiger partial charge in [0.2, 0.25) is 17.7 Å². The number of nitrogens with zero attached hydrogens (tertiary/aromatic N) is 1. The molecule has 3 unspecified atom stereocenters. The molecule has 1 saturated carbocycles. The number of thiazole rings is 1. The largest absolute Gasteiger partial charge is 0.390 e. The Morgan fingerprint density at radius 3 is 2.43 bits per heavy atom. The highest BCUT2D eigenvalue weighted by molar-refractivity contribution is 8.00. The fraction of sp³-hybridized carbons (Fsp3) is 0.811. The summed E-state index contributed by atoms with van der Waals surface area (Å²) in [5.41, 5.74) is 2.73. The number of aliphatic hydroxyl groups is 2. The SMILES string of the molecule is CCC(C)[C@H](NC(=O)[C@H](C(C)C)[C@@H](O)[C@H](O)[C@H](CC1CCCCC1)NC(=O)CCCCC1SC[C@@H]2NC(=O)NC12)C(=O)NCCc1scnc1C. The number of aliphatic hydroxyl groups excluding tert-OH is 2. The van der Waals surface area contributed by atoms with Crippen molar-refractivity contribution >= 4 is 46.9 Å². The lowest BCUT2D eigenvalue weighted by Gasteiger charge is -2.36. The molecule has 14 heteroatoms. The molecule has 288 valence electrons. The topological polar surface area (TPSA) is 182 Å². The van der Waals surface area contributed by atoms with Crippen molar-refractivity contribution in [1.29, 1.82) is 0 Å². The monoisotopic (exact) mass is 750 g/mol. The van der Waals surface area contributed by atoms with Gasteiger partial charge in [0, 0.05) is 35.3 Å². The summed E-state index contributed by atoms with van der Waals surface area (Å²) >= 11 is 3.40. The van der Waals surface area contributed by atoms with E-state index >= 15 is 0 Å². The third-order valence-corrected chi connectivity index (χ3v) is 13.7. The van der Waals surface area contributed by atoms with E-state index in [4.69, 9.17) is 0 Å². The minimum atomic E-state index is -1.45. The van der Waals surface area contributed by atoms with Crippen LogP contribution in [0, 0.1) is 30.6 Å². The lowest BCUT2D eigenvalue weighted by Crippen LogP contribution is -2.57. The number of aryl methyl sites for hydroxylation is 1. The first-order chi connectivity index (χ1) is 24.4. The van der Waals surface area contributed by atoms with E-state index in [1.54, 1.807) is 16.8 Å². The van der Waals surface area contributed by atoms with Crippen LogP contribution in [0.4, 0.5) is 4.79 Å². The predicted octanol–water partition coefficient (Wildman–Crippen LogP) is 3.82. The van der Waals surface area contributed by atoms with Crippen molar-refractivity contribution in [2.24, 2.45) is 23.7 Å². The number of fused-ring (bicyclic) bond motifs is 1. The Bertz CT molecular complexity index is 1290. The van der Waals surface area contributed by atoms with Crippen molar-refractivity contribution < 1.29 is 29.4 Å². The van der Waals surface area contributed by atoms with Gasteiger partial charge < -0.3 is 36.8 Å². The molecule has 3 heterocycles. The first kappa shape index (κ1) is 41.3. The highest BCUT2D eigenvalue weighted by Gasteiger charge is 2.43. The molecule has 1 aromatic heterocycles. The summed E-state index contributed by atoms with van der Waals surface area (Å²) in [6.45, 7) is 9.87. The van der Waals surface area contributed by atoms with Gasteiger partial charge in [0.1, 0.15) is 12.1 Å². The number of rotatable bonds is 20. The summed E-state index contributed by atoms with van der Waals surface area (Å²) in [7, 11) is 0. The van der Waals surface area contributed by atoms with Crippen molar-refractivity contribution in [2.45, 2.75) is 153 Å². The lowest BCUT2D eigenvalue weighted by molar-refractivity contribution is -0.140. The van der Waals surface area contributed by atoms with Crippen LogP contribution in [0.15, 0.2) is 5.51 Å². The predicted molar refractivity (Wildman–Crippen MR) is 202 cm³/mol. The summed E-state index contributed by atoms with van der Waals surface area (Å²) in [6, 6.07) is -1.32. The summed E-state index contributed by atoms with van der Waals surface area (Å²) < 4.78 is 0. The van der Waals surface area contributed by atoms with E-state index in [0.717, 1.165) is 54.8 Å². The zero-order valence-corrected chi connectivity index (χ0v) is 32.8. The Labute approximate surface area is 312 Å². The van der Waals surface area contributed by atoms with E-state index in [9.17, 15) is 29.4 Å². The first-order valence-electron chi connectivity index (χ1n) is 19.2. The molecule has 7 N–H and O–H groups in total. The van der Waals surface area contributed by atoms with Crippen LogP contribution >= 0.6 is 23.1 Å². The number of urea groups is 1. The Morgan fingerprint density at radius 2 is 1.76 bits per heavy atom. The van der Waals surface area contributed by atoms with Crippen LogP contribution in [0.2, 0.25) is 0 Å². The average Bonchev–Trinajstić information content (AvgIpc) is 3.80. The molecular weight excluding hydrogens is 689 g/mol. The molecule has 0 spiro atoms. The van der Waals surface area contributed by atoms with Crippen LogP contribution in [0.3, 0.4) is 0 Å². The first-order valence-corrected chi connectivity index (χ1v) is 21.1. The molecule has 1 aliphatic carbocycles. The fourth-order valence-corrected chi connectivity index (χ4v) is 10.2. The Kier molecular flexibility index (Phi) is 16.3. The van der Waals surface area contributed by atoms with Crippen LogP contribution in [0.1, 0.15) is 109 Å². The maximum absolute atomic E-state index is 13.9. The molecule has 0 bridgehead atoms. The second-order valence-corrected chi connectivity index (χ2v) is 17.5. The fourth-order valence-electron chi connectivity index (χ4n) is 7.85. The summed E-state index contributed by atoms with van der Waals surface area (Å²) in [4.78, 5) is 57.6. The van der Waals surface area contributed by atoms with Gasteiger partial charge in [-0.3, -0.25) is 14.4 Å². The number of carbonyl (C=O) groups excluding carboxylic acids is 4. The standard InChI is InChI=1S/C37H62N6O6S2/c1-6-22(4)31(36(48)38-17-16-27-23(5)39-20-51-27)42-35(47)30(21(2)3)34(46)33(45)25(18-24-12-8-7-9-13-24)40-29(44)15-11-10-14-28-32-26(19-50-28)41-37(49)43-32/h20-22,24-26,28,30-34,45-46H,6-19H2,1-5H3,(H,38,48)(H,40,44)(H,42,47)(H2,41,43,49)/t22?,25-,26-,28?,30+,31-,32?,33+,34+/m0/s1. The molecule has 9 atom stereocenters. The van der Waals surface area contributed by atoms with Gasteiger partial charge in [-0.15, -0.1) is 11.3 Å². The average molecular weight is 751 g/mol. The number of hydrogen-bond acceptors (Lipinski definition) is 9. The molecule has 12 nitrogen and oxygen atoms in total. The van der Waals surface area contributed by atoms with Crippen molar-refractivity contribution in [3.63, 3.8) is 0 Å². The minimum Gasteiger partial charge on any atom is -0.390 e. The molecule has 1 aromatic rings. The summed E-state index contributed by atoms with van der Waals surface area (Å²) in [6.07, 6.45) is 7.12. The molecule has 0 aromatic carbocycles. The molecule has 0 radical (unpaired) electrons. The Hall–Kier alpha value is -2.42. The number of amides is 5.